The van der Waals surface area contributed by atoms with Crippen LogP contribution < -0.4 is 9.62 Å². The molecule has 1 fully saturated rings. The molecule has 0 radical (unpaired) electrons. The standard InChI is InChI=1S/C13H17FN2O2S/c1-19(17,18)16-9-13(5-7-15-8-6-13)10-3-2-4-11(14)12(10)16/h2-4,15H,5-9H2,1H3. The number of para-hydroxylation sites is 1. The van der Waals surface area contributed by atoms with Crippen molar-refractivity contribution in [3.8, 4) is 0 Å². The van der Waals surface area contributed by atoms with E-state index in [0.717, 1.165) is 37.8 Å². The molecule has 0 aliphatic carbocycles. The van der Waals surface area contributed by atoms with Crippen LogP contribution in [0.1, 0.15) is 18.4 Å². The number of anilines is 1. The first-order chi connectivity index (χ1) is 8.94. The highest BCUT2D eigenvalue weighted by Crippen LogP contribution is 2.47. The third kappa shape index (κ3) is 1.94. The van der Waals surface area contributed by atoms with Crippen LogP contribution in [0, 0.1) is 5.82 Å². The first-order valence-electron chi connectivity index (χ1n) is 6.41. The predicted molar refractivity (Wildman–Crippen MR) is 72.4 cm³/mol. The first kappa shape index (κ1) is 12.9. The largest absolute Gasteiger partial charge is 0.317 e. The van der Waals surface area contributed by atoms with E-state index in [4.69, 9.17) is 0 Å². The summed E-state index contributed by atoms with van der Waals surface area (Å²) in [4.78, 5) is 0. The van der Waals surface area contributed by atoms with Gasteiger partial charge in [0.15, 0.2) is 0 Å². The lowest BCUT2D eigenvalue weighted by Gasteiger charge is -2.34. The van der Waals surface area contributed by atoms with Gasteiger partial charge in [-0.05, 0) is 37.6 Å². The highest BCUT2D eigenvalue weighted by molar-refractivity contribution is 7.92. The predicted octanol–water partition coefficient (Wildman–Crippen LogP) is 1.23. The fourth-order valence-electron chi connectivity index (χ4n) is 3.25. The summed E-state index contributed by atoms with van der Waals surface area (Å²) in [5.41, 5.74) is 0.873. The van der Waals surface area contributed by atoms with Gasteiger partial charge in [0.05, 0.1) is 11.9 Å². The van der Waals surface area contributed by atoms with Gasteiger partial charge in [-0.15, -0.1) is 0 Å². The zero-order valence-electron chi connectivity index (χ0n) is 10.8. The minimum absolute atomic E-state index is 0.230. The van der Waals surface area contributed by atoms with Crippen LogP contribution in [0.3, 0.4) is 0 Å². The number of rotatable bonds is 1. The Morgan fingerprint density at radius 3 is 2.63 bits per heavy atom. The van der Waals surface area contributed by atoms with Crippen molar-refractivity contribution in [2.45, 2.75) is 18.3 Å². The maximum Gasteiger partial charge on any atom is 0.232 e. The Kier molecular flexibility index (Phi) is 2.83. The summed E-state index contributed by atoms with van der Waals surface area (Å²) in [6.07, 6.45) is 2.83. The van der Waals surface area contributed by atoms with Gasteiger partial charge in [0, 0.05) is 12.0 Å². The first-order valence-corrected chi connectivity index (χ1v) is 8.26. The van der Waals surface area contributed by atoms with Crippen molar-refractivity contribution in [1.29, 1.82) is 0 Å². The van der Waals surface area contributed by atoms with Gasteiger partial charge in [-0.3, -0.25) is 4.31 Å². The number of nitrogens with zero attached hydrogens (tertiary/aromatic N) is 1. The minimum atomic E-state index is -3.44. The van der Waals surface area contributed by atoms with E-state index in [0.29, 0.717) is 6.54 Å². The average Bonchev–Trinajstić information content (AvgIpc) is 2.67. The summed E-state index contributed by atoms with van der Waals surface area (Å²) in [6, 6.07) is 4.87. The second kappa shape index (κ2) is 4.18. The molecule has 1 aromatic rings. The lowest BCUT2D eigenvalue weighted by Crippen LogP contribution is -2.44. The van der Waals surface area contributed by atoms with Crippen LogP contribution in [0.4, 0.5) is 10.1 Å². The highest BCUT2D eigenvalue weighted by Gasteiger charge is 2.47. The molecule has 6 heteroatoms. The van der Waals surface area contributed by atoms with Gasteiger partial charge in [-0.2, -0.15) is 0 Å². The summed E-state index contributed by atoms with van der Waals surface area (Å²) < 4.78 is 39.2. The van der Waals surface area contributed by atoms with E-state index >= 15 is 0 Å². The normalized spacial score (nSPS) is 21.7. The molecule has 1 aromatic carbocycles. The van der Waals surface area contributed by atoms with Gasteiger partial charge in [-0.25, -0.2) is 12.8 Å². The van der Waals surface area contributed by atoms with Gasteiger partial charge < -0.3 is 5.32 Å². The molecule has 1 N–H and O–H groups in total. The third-order valence-electron chi connectivity index (χ3n) is 4.21. The van der Waals surface area contributed by atoms with E-state index in [2.05, 4.69) is 5.32 Å². The van der Waals surface area contributed by atoms with Crippen molar-refractivity contribution in [2.24, 2.45) is 0 Å². The molecule has 0 unspecified atom stereocenters. The van der Waals surface area contributed by atoms with Crippen molar-refractivity contribution in [3.63, 3.8) is 0 Å². The summed E-state index contributed by atoms with van der Waals surface area (Å²) in [7, 11) is -3.44. The molecule has 3 rings (SSSR count). The summed E-state index contributed by atoms with van der Waals surface area (Å²) in [6.45, 7) is 2.05. The van der Waals surface area contributed by atoms with Crippen molar-refractivity contribution >= 4 is 15.7 Å². The number of fused-ring (bicyclic) bond motifs is 2. The molecule has 19 heavy (non-hydrogen) atoms. The molecule has 0 aromatic heterocycles. The molecule has 104 valence electrons. The molecule has 1 saturated heterocycles. The quantitative estimate of drug-likeness (QED) is 0.844. The van der Waals surface area contributed by atoms with E-state index in [1.54, 1.807) is 6.07 Å². The van der Waals surface area contributed by atoms with E-state index in [9.17, 15) is 12.8 Å². The molecular weight excluding hydrogens is 267 g/mol. The van der Waals surface area contributed by atoms with E-state index < -0.39 is 15.8 Å². The van der Waals surface area contributed by atoms with Gasteiger partial charge in [0.2, 0.25) is 10.0 Å². The Balaban J connectivity index is 2.18. The average molecular weight is 284 g/mol. The number of halogens is 1. The molecule has 2 aliphatic heterocycles. The maximum absolute atomic E-state index is 14.1. The monoisotopic (exact) mass is 284 g/mol. The minimum Gasteiger partial charge on any atom is -0.317 e. The molecular formula is C13H17FN2O2S. The van der Waals surface area contributed by atoms with Gasteiger partial charge in [0.1, 0.15) is 5.82 Å². The lowest BCUT2D eigenvalue weighted by atomic mass is 9.75. The van der Waals surface area contributed by atoms with Crippen LogP contribution in [0.15, 0.2) is 18.2 Å². The van der Waals surface area contributed by atoms with Crippen molar-refractivity contribution in [1.82, 2.24) is 5.32 Å². The molecule has 0 atom stereocenters. The molecule has 0 bridgehead atoms. The number of sulfonamides is 1. The maximum atomic E-state index is 14.1. The second-order valence-corrected chi connectivity index (χ2v) is 7.34. The van der Waals surface area contributed by atoms with Gasteiger partial charge in [0.25, 0.3) is 0 Å². The van der Waals surface area contributed by atoms with Gasteiger partial charge >= 0.3 is 0 Å². The van der Waals surface area contributed by atoms with Gasteiger partial charge in [-0.1, -0.05) is 12.1 Å². The van der Waals surface area contributed by atoms with Crippen LogP contribution in [0.5, 0.6) is 0 Å². The Hall–Kier alpha value is -1.14. The zero-order valence-corrected chi connectivity index (χ0v) is 11.6. The highest BCUT2D eigenvalue weighted by atomic mass is 32.2. The lowest BCUT2D eigenvalue weighted by molar-refractivity contribution is 0.330. The molecule has 2 aliphatic rings. The third-order valence-corrected chi connectivity index (χ3v) is 5.33. The van der Waals surface area contributed by atoms with Crippen molar-refractivity contribution in [3.05, 3.63) is 29.6 Å². The Bertz CT molecular complexity index is 609. The number of hydrogen-bond acceptors (Lipinski definition) is 3. The number of piperidine rings is 1. The van der Waals surface area contributed by atoms with Crippen molar-refractivity contribution in [2.75, 3.05) is 30.2 Å². The fraction of sp³-hybridized carbons (Fsp3) is 0.538. The fourth-order valence-corrected chi connectivity index (χ4v) is 4.25. The SMILES string of the molecule is CS(=O)(=O)N1CC2(CCNCC2)c2cccc(F)c21. The molecule has 4 nitrogen and oxygen atoms in total. The summed E-state index contributed by atoms with van der Waals surface area (Å²) >= 11 is 0. The Labute approximate surface area is 112 Å². The molecule has 0 amide bonds. The number of benzene rings is 1. The summed E-state index contributed by atoms with van der Waals surface area (Å²) in [5.74, 6) is -0.446. The van der Waals surface area contributed by atoms with E-state index in [1.807, 2.05) is 6.07 Å². The Morgan fingerprint density at radius 1 is 1.32 bits per heavy atom. The van der Waals surface area contributed by atoms with Crippen LogP contribution in [-0.2, 0) is 15.4 Å². The second-order valence-electron chi connectivity index (χ2n) is 5.44. The van der Waals surface area contributed by atoms with Crippen LogP contribution in [0.25, 0.3) is 0 Å². The molecule has 1 spiro atoms. The van der Waals surface area contributed by atoms with Crippen molar-refractivity contribution < 1.29 is 12.8 Å². The Morgan fingerprint density at radius 2 is 2.00 bits per heavy atom. The topological polar surface area (TPSA) is 49.4 Å². The van der Waals surface area contributed by atoms with Crippen LogP contribution in [0.2, 0.25) is 0 Å². The van der Waals surface area contributed by atoms with Crippen LogP contribution >= 0.6 is 0 Å². The molecule has 0 saturated carbocycles. The van der Waals surface area contributed by atoms with Crippen LogP contribution in [-0.4, -0.2) is 34.3 Å². The summed E-state index contributed by atoms with van der Waals surface area (Å²) in [5, 5.41) is 3.27. The van der Waals surface area contributed by atoms with E-state index in [-0.39, 0.29) is 11.1 Å². The number of hydrogen-bond donors (Lipinski definition) is 1. The van der Waals surface area contributed by atoms with E-state index in [1.165, 1.54) is 10.4 Å². The molecule has 2 heterocycles. The smallest absolute Gasteiger partial charge is 0.232 e. The zero-order chi connectivity index (χ0) is 13.7. The number of nitrogens with one attached hydrogen (secondary N) is 1.